The lowest BCUT2D eigenvalue weighted by atomic mass is 10.0. The number of benzene rings is 1. The molecule has 21 heavy (non-hydrogen) atoms. The lowest BCUT2D eigenvalue weighted by Crippen LogP contribution is -2.54. The van der Waals surface area contributed by atoms with E-state index in [9.17, 15) is 14.7 Å². The Kier molecular flexibility index (Phi) is 5.35. The third kappa shape index (κ3) is 3.97. The molecule has 0 radical (unpaired) electrons. The van der Waals surface area contributed by atoms with Crippen LogP contribution >= 0.6 is 0 Å². The highest BCUT2D eigenvalue weighted by atomic mass is 16.4. The van der Waals surface area contributed by atoms with Crippen molar-refractivity contribution in [2.45, 2.75) is 46.1 Å². The molecule has 0 heterocycles. The van der Waals surface area contributed by atoms with Crippen molar-refractivity contribution in [1.82, 2.24) is 4.90 Å². The molecule has 0 aliphatic rings. The predicted molar refractivity (Wildman–Crippen MR) is 83.6 cm³/mol. The van der Waals surface area contributed by atoms with Crippen molar-refractivity contribution in [3.63, 3.8) is 0 Å². The monoisotopic (exact) mass is 292 g/mol. The highest BCUT2D eigenvalue weighted by Gasteiger charge is 2.36. The topological polar surface area (TPSA) is 69.6 Å². The quantitative estimate of drug-likeness (QED) is 0.872. The van der Waals surface area contributed by atoms with Gasteiger partial charge in [0.05, 0.1) is 0 Å². The largest absolute Gasteiger partial charge is 0.480 e. The number of amides is 2. The standard InChI is InChI=1S/C16H24N2O3/c1-6-18(16(4,5)14(19)20)15(21)17-13-9-7-8-12(10-13)11(2)3/h7-11H,6H2,1-5H3,(H,17,21)(H,19,20). The number of carbonyl (C=O) groups is 2. The van der Waals surface area contributed by atoms with Gasteiger partial charge in [0.15, 0.2) is 0 Å². The van der Waals surface area contributed by atoms with Crippen LogP contribution in [0.5, 0.6) is 0 Å². The van der Waals surface area contributed by atoms with Gasteiger partial charge in [-0.15, -0.1) is 0 Å². The van der Waals surface area contributed by atoms with Gasteiger partial charge in [0.2, 0.25) is 0 Å². The fraction of sp³-hybridized carbons (Fsp3) is 0.500. The van der Waals surface area contributed by atoms with Crippen LogP contribution in [0.2, 0.25) is 0 Å². The summed E-state index contributed by atoms with van der Waals surface area (Å²) in [6, 6.07) is 7.17. The van der Waals surface area contributed by atoms with Crippen LogP contribution in [0.3, 0.4) is 0 Å². The molecule has 5 heteroatoms. The summed E-state index contributed by atoms with van der Waals surface area (Å²) in [7, 11) is 0. The Hall–Kier alpha value is -2.04. The van der Waals surface area contributed by atoms with Gasteiger partial charge < -0.3 is 15.3 Å². The van der Waals surface area contributed by atoms with Crippen molar-refractivity contribution in [2.24, 2.45) is 0 Å². The number of carboxylic acid groups (broad SMARTS) is 1. The van der Waals surface area contributed by atoms with Gasteiger partial charge in [-0.1, -0.05) is 26.0 Å². The summed E-state index contributed by atoms with van der Waals surface area (Å²) in [6.07, 6.45) is 0. The molecule has 0 bridgehead atoms. The molecular weight excluding hydrogens is 268 g/mol. The van der Waals surface area contributed by atoms with E-state index in [0.717, 1.165) is 5.56 Å². The number of hydrogen-bond donors (Lipinski definition) is 2. The first kappa shape index (κ1) is 17.0. The number of aliphatic carboxylic acids is 1. The zero-order chi connectivity index (χ0) is 16.2. The normalized spacial score (nSPS) is 11.3. The highest BCUT2D eigenvalue weighted by molar-refractivity contribution is 5.93. The number of nitrogens with zero attached hydrogens (tertiary/aromatic N) is 1. The lowest BCUT2D eigenvalue weighted by molar-refractivity contribution is -0.147. The Morgan fingerprint density at radius 1 is 1.33 bits per heavy atom. The molecule has 1 aromatic carbocycles. The van der Waals surface area contributed by atoms with Crippen LogP contribution in [-0.4, -0.2) is 34.1 Å². The molecule has 0 saturated heterocycles. The predicted octanol–water partition coefficient (Wildman–Crippen LogP) is 3.53. The molecule has 0 aliphatic heterocycles. The van der Waals surface area contributed by atoms with E-state index < -0.39 is 17.5 Å². The van der Waals surface area contributed by atoms with E-state index in [1.807, 2.05) is 18.2 Å². The zero-order valence-corrected chi connectivity index (χ0v) is 13.3. The number of carbonyl (C=O) groups excluding carboxylic acids is 1. The molecule has 0 unspecified atom stereocenters. The summed E-state index contributed by atoms with van der Waals surface area (Å²) in [5.74, 6) is -0.671. The molecule has 0 aliphatic carbocycles. The molecule has 1 rings (SSSR count). The van der Waals surface area contributed by atoms with Crippen LogP contribution in [0, 0.1) is 0 Å². The van der Waals surface area contributed by atoms with Gasteiger partial charge in [-0.2, -0.15) is 0 Å². The van der Waals surface area contributed by atoms with Crippen molar-refractivity contribution in [2.75, 3.05) is 11.9 Å². The van der Waals surface area contributed by atoms with Crippen LogP contribution in [0.25, 0.3) is 0 Å². The maximum Gasteiger partial charge on any atom is 0.329 e. The summed E-state index contributed by atoms with van der Waals surface area (Å²) >= 11 is 0. The summed E-state index contributed by atoms with van der Waals surface area (Å²) < 4.78 is 0. The molecule has 116 valence electrons. The molecule has 0 atom stereocenters. The number of nitrogens with one attached hydrogen (secondary N) is 1. The number of likely N-dealkylation sites (N-methyl/N-ethyl adjacent to an activating group) is 1. The third-order valence-corrected chi connectivity index (χ3v) is 3.56. The number of carboxylic acids is 1. The smallest absolute Gasteiger partial charge is 0.329 e. The van der Waals surface area contributed by atoms with Crippen LogP contribution in [-0.2, 0) is 4.79 Å². The Bertz CT molecular complexity index is 524. The summed E-state index contributed by atoms with van der Waals surface area (Å²) in [4.78, 5) is 24.9. The number of anilines is 1. The van der Waals surface area contributed by atoms with Gasteiger partial charge in [-0.05, 0) is 44.4 Å². The fourth-order valence-electron chi connectivity index (χ4n) is 2.07. The van der Waals surface area contributed by atoms with E-state index in [4.69, 9.17) is 0 Å². The van der Waals surface area contributed by atoms with Crippen molar-refractivity contribution < 1.29 is 14.7 Å². The molecule has 0 fully saturated rings. The molecule has 2 amide bonds. The van der Waals surface area contributed by atoms with E-state index in [1.54, 1.807) is 13.0 Å². The van der Waals surface area contributed by atoms with Crippen molar-refractivity contribution >= 4 is 17.7 Å². The van der Waals surface area contributed by atoms with Gasteiger partial charge in [0, 0.05) is 12.2 Å². The zero-order valence-electron chi connectivity index (χ0n) is 13.3. The Morgan fingerprint density at radius 2 is 1.95 bits per heavy atom. The highest BCUT2D eigenvalue weighted by Crippen LogP contribution is 2.20. The molecule has 1 aromatic rings. The molecule has 2 N–H and O–H groups in total. The molecular formula is C16H24N2O3. The number of rotatable bonds is 5. The van der Waals surface area contributed by atoms with Gasteiger partial charge in [-0.25, -0.2) is 9.59 Å². The first-order chi connectivity index (χ1) is 9.70. The maximum atomic E-state index is 12.3. The minimum absolute atomic E-state index is 0.314. The van der Waals surface area contributed by atoms with Gasteiger partial charge in [0.1, 0.15) is 5.54 Å². The molecule has 0 aromatic heterocycles. The lowest BCUT2D eigenvalue weighted by Gasteiger charge is -2.34. The van der Waals surface area contributed by atoms with Crippen molar-refractivity contribution in [3.8, 4) is 0 Å². The molecule has 0 saturated carbocycles. The Balaban J connectivity index is 2.93. The summed E-state index contributed by atoms with van der Waals surface area (Å²) in [6.45, 7) is 9.26. The van der Waals surface area contributed by atoms with Crippen molar-refractivity contribution in [1.29, 1.82) is 0 Å². The molecule has 5 nitrogen and oxygen atoms in total. The average molecular weight is 292 g/mol. The van der Waals surface area contributed by atoms with E-state index >= 15 is 0 Å². The SMILES string of the molecule is CCN(C(=O)Nc1cccc(C(C)C)c1)C(C)(C)C(=O)O. The van der Waals surface area contributed by atoms with Crippen LogP contribution < -0.4 is 5.32 Å². The second-order valence-corrected chi connectivity index (χ2v) is 5.82. The van der Waals surface area contributed by atoms with Crippen molar-refractivity contribution in [3.05, 3.63) is 29.8 Å². The summed E-state index contributed by atoms with van der Waals surface area (Å²) in [5, 5.41) is 12.0. The van der Waals surface area contributed by atoms with E-state index in [0.29, 0.717) is 18.2 Å². The fourth-order valence-corrected chi connectivity index (χ4v) is 2.07. The minimum Gasteiger partial charge on any atom is -0.480 e. The van der Waals surface area contributed by atoms with Crippen LogP contribution in [0.1, 0.15) is 46.1 Å². The van der Waals surface area contributed by atoms with E-state index in [-0.39, 0.29) is 0 Å². The van der Waals surface area contributed by atoms with Gasteiger partial charge >= 0.3 is 12.0 Å². The first-order valence-electron chi connectivity index (χ1n) is 7.12. The third-order valence-electron chi connectivity index (χ3n) is 3.56. The molecule has 0 spiro atoms. The maximum absolute atomic E-state index is 12.3. The van der Waals surface area contributed by atoms with Gasteiger partial charge in [-0.3, -0.25) is 0 Å². The average Bonchev–Trinajstić information content (AvgIpc) is 2.39. The van der Waals surface area contributed by atoms with Crippen LogP contribution in [0.4, 0.5) is 10.5 Å². The number of hydrogen-bond acceptors (Lipinski definition) is 2. The Labute approximate surface area is 126 Å². The van der Waals surface area contributed by atoms with Crippen LogP contribution in [0.15, 0.2) is 24.3 Å². The van der Waals surface area contributed by atoms with E-state index in [1.165, 1.54) is 18.7 Å². The minimum atomic E-state index is -1.26. The second-order valence-electron chi connectivity index (χ2n) is 5.82. The van der Waals surface area contributed by atoms with E-state index in [2.05, 4.69) is 19.2 Å². The number of urea groups is 1. The Morgan fingerprint density at radius 3 is 2.43 bits per heavy atom. The van der Waals surface area contributed by atoms with Gasteiger partial charge in [0.25, 0.3) is 0 Å². The second kappa shape index (κ2) is 6.61. The first-order valence-corrected chi connectivity index (χ1v) is 7.12. The summed E-state index contributed by atoms with van der Waals surface area (Å²) in [5.41, 5.74) is 0.535.